The first kappa shape index (κ1) is 18.7. The predicted molar refractivity (Wildman–Crippen MR) is 107 cm³/mol. The van der Waals surface area contributed by atoms with Gasteiger partial charge in [0.2, 0.25) is 0 Å². The summed E-state index contributed by atoms with van der Waals surface area (Å²) in [5.41, 5.74) is 1.77. The number of hydrogen-bond acceptors (Lipinski definition) is 5. The van der Waals surface area contributed by atoms with E-state index in [1.165, 1.54) is 0 Å². The van der Waals surface area contributed by atoms with Crippen molar-refractivity contribution in [3.63, 3.8) is 0 Å². The van der Waals surface area contributed by atoms with Gasteiger partial charge in [0.05, 0.1) is 0 Å². The minimum absolute atomic E-state index is 0.0693. The third kappa shape index (κ3) is 4.28. The number of rotatable bonds is 5. The molecule has 2 aliphatic rings. The third-order valence-corrected chi connectivity index (χ3v) is 5.54. The Bertz CT molecular complexity index is 812. The number of amides is 1. The fraction of sp³-hybridized carbons (Fsp3) is 0.455. The van der Waals surface area contributed by atoms with Crippen molar-refractivity contribution in [3.8, 4) is 11.5 Å². The number of ether oxygens (including phenoxy) is 2. The average molecular weight is 381 g/mol. The normalized spacial score (nSPS) is 18.9. The lowest BCUT2D eigenvalue weighted by Crippen LogP contribution is -2.49. The van der Waals surface area contributed by atoms with Crippen LogP contribution in [0.2, 0.25) is 0 Å². The molecule has 0 radical (unpaired) electrons. The van der Waals surface area contributed by atoms with E-state index in [-0.39, 0.29) is 5.91 Å². The van der Waals surface area contributed by atoms with Crippen LogP contribution in [0.1, 0.15) is 28.9 Å². The smallest absolute Gasteiger partial charge is 0.254 e. The number of nitrogens with zero attached hydrogens (tertiary/aromatic N) is 3. The number of likely N-dealkylation sites (tertiary alicyclic amines) is 1. The van der Waals surface area contributed by atoms with Gasteiger partial charge < -0.3 is 19.3 Å². The highest BCUT2D eigenvalue weighted by Gasteiger charge is 2.27. The van der Waals surface area contributed by atoms with Gasteiger partial charge in [-0.2, -0.15) is 0 Å². The summed E-state index contributed by atoms with van der Waals surface area (Å²) in [6.07, 6.45) is 4.89. The van der Waals surface area contributed by atoms with E-state index >= 15 is 0 Å². The summed E-state index contributed by atoms with van der Waals surface area (Å²) in [6.45, 7) is 3.58. The molecule has 1 aromatic heterocycles. The SMILES string of the molecule is CN(CCc1ccccn1)C1CCCN(C(=O)c2ccc3c(c2)OCCO3)C1. The molecule has 1 amide bonds. The molecule has 0 aliphatic carbocycles. The summed E-state index contributed by atoms with van der Waals surface area (Å²) in [7, 11) is 2.14. The lowest BCUT2D eigenvalue weighted by Gasteiger charge is -2.37. The maximum absolute atomic E-state index is 13.0. The number of fused-ring (bicyclic) bond motifs is 1. The number of benzene rings is 1. The molecule has 1 aromatic carbocycles. The molecule has 1 unspecified atom stereocenters. The Labute approximate surface area is 166 Å². The number of aromatic nitrogens is 1. The molecular weight excluding hydrogens is 354 g/mol. The number of piperidine rings is 1. The molecule has 0 N–H and O–H groups in total. The fourth-order valence-electron chi connectivity index (χ4n) is 3.88. The van der Waals surface area contributed by atoms with Gasteiger partial charge in [0, 0.05) is 49.6 Å². The van der Waals surface area contributed by atoms with E-state index in [1.807, 2.05) is 41.4 Å². The lowest BCUT2D eigenvalue weighted by molar-refractivity contribution is 0.0610. The van der Waals surface area contributed by atoms with Crippen molar-refractivity contribution in [2.75, 3.05) is 39.9 Å². The first-order valence-corrected chi connectivity index (χ1v) is 10.00. The summed E-state index contributed by atoms with van der Waals surface area (Å²) < 4.78 is 11.2. The van der Waals surface area contributed by atoms with Crippen LogP contribution in [0.3, 0.4) is 0 Å². The highest BCUT2D eigenvalue weighted by molar-refractivity contribution is 5.95. The number of carbonyl (C=O) groups is 1. The van der Waals surface area contributed by atoms with Gasteiger partial charge in [-0.3, -0.25) is 9.78 Å². The molecule has 6 nitrogen and oxygen atoms in total. The first-order chi connectivity index (χ1) is 13.7. The zero-order valence-electron chi connectivity index (χ0n) is 16.3. The van der Waals surface area contributed by atoms with E-state index in [9.17, 15) is 4.79 Å². The Morgan fingerprint density at radius 3 is 2.89 bits per heavy atom. The van der Waals surface area contributed by atoms with Crippen molar-refractivity contribution in [2.45, 2.75) is 25.3 Å². The van der Waals surface area contributed by atoms with E-state index in [0.29, 0.717) is 36.3 Å². The van der Waals surface area contributed by atoms with Crippen LogP contribution >= 0.6 is 0 Å². The standard InChI is InChI=1S/C22H27N3O3/c1-24(12-9-18-5-2-3-10-23-18)19-6-4-11-25(16-19)22(26)17-7-8-20-21(15-17)28-14-13-27-20/h2-3,5,7-8,10,15,19H,4,6,9,11-14,16H2,1H3. The van der Waals surface area contributed by atoms with Crippen molar-refractivity contribution in [3.05, 3.63) is 53.9 Å². The van der Waals surface area contributed by atoms with Gasteiger partial charge in [0.25, 0.3) is 5.91 Å². The number of hydrogen-bond donors (Lipinski definition) is 0. The monoisotopic (exact) mass is 381 g/mol. The van der Waals surface area contributed by atoms with E-state index in [2.05, 4.69) is 23.0 Å². The van der Waals surface area contributed by atoms with Gasteiger partial charge >= 0.3 is 0 Å². The van der Waals surface area contributed by atoms with Crippen LogP contribution in [0.5, 0.6) is 11.5 Å². The third-order valence-electron chi connectivity index (χ3n) is 5.54. The molecular formula is C22H27N3O3. The van der Waals surface area contributed by atoms with Gasteiger partial charge in [0.1, 0.15) is 13.2 Å². The maximum atomic E-state index is 13.0. The van der Waals surface area contributed by atoms with Crippen molar-refractivity contribution in [1.29, 1.82) is 0 Å². The molecule has 0 saturated carbocycles. The van der Waals surface area contributed by atoms with E-state index < -0.39 is 0 Å². The summed E-state index contributed by atoms with van der Waals surface area (Å²) in [5.74, 6) is 1.45. The molecule has 0 spiro atoms. The second-order valence-corrected chi connectivity index (χ2v) is 7.46. The minimum Gasteiger partial charge on any atom is -0.486 e. The Morgan fingerprint density at radius 1 is 1.21 bits per heavy atom. The molecule has 6 heteroatoms. The molecule has 2 aliphatic heterocycles. The molecule has 0 bridgehead atoms. The van der Waals surface area contributed by atoms with Gasteiger partial charge in [-0.15, -0.1) is 0 Å². The number of likely N-dealkylation sites (N-methyl/N-ethyl adjacent to an activating group) is 1. The van der Waals surface area contributed by atoms with Gasteiger partial charge in [0.15, 0.2) is 11.5 Å². The molecule has 148 valence electrons. The van der Waals surface area contributed by atoms with Crippen molar-refractivity contribution < 1.29 is 14.3 Å². The zero-order chi connectivity index (χ0) is 19.3. The van der Waals surface area contributed by atoms with Crippen LogP contribution in [0, 0.1) is 0 Å². The van der Waals surface area contributed by atoms with Gasteiger partial charge in [-0.05, 0) is 50.2 Å². The Kier molecular flexibility index (Phi) is 5.76. The van der Waals surface area contributed by atoms with Crippen molar-refractivity contribution >= 4 is 5.91 Å². The maximum Gasteiger partial charge on any atom is 0.254 e. The van der Waals surface area contributed by atoms with E-state index in [0.717, 1.165) is 44.6 Å². The molecule has 1 fully saturated rings. The highest BCUT2D eigenvalue weighted by atomic mass is 16.6. The van der Waals surface area contributed by atoms with Crippen LogP contribution < -0.4 is 9.47 Å². The summed E-state index contributed by atoms with van der Waals surface area (Å²) in [6, 6.07) is 11.9. The second-order valence-electron chi connectivity index (χ2n) is 7.46. The van der Waals surface area contributed by atoms with Crippen LogP contribution in [0.15, 0.2) is 42.6 Å². The van der Waals surface area contributed by atoms with Gasteiger partial charge in [-0.1, -0.05) is 6.07 Å². The molecule has 2 aromatic rings. The highest BCUT2D eigenvalue weighted by Crippen LogP contribution is 2.31. The second kappa shape index (κ2) is 8.61. The zero-order valence-corrected chi connectivity index (χ0v) is 16.3. The Morgan fingerprint density at radius 2 is 2.07 bits per heavy atom. The fourth-order valence-corrected chi connectivity index (χ4v) is 3.88. The topological polar surface area (TPSA) is 54.9 Å². The minimum atomic E-state index is 0.0693. The molecule has 3 heterocycles. The van der Waals surface area contributed by atoms with E-state index in [4.69, 9.17) is 9.47 Å². The van der Waals surface area contributed by atoms with E-state index in [1.54, 1.807) is 0 Å². The van der Waals surface area contributed by atoms with Crippen LogP contribution in [0.25, 0.3) is 0 Å². The average Bonchev–Trinajstić information content (AvgIpc) is 2.77. The van der Waals surface area contributed by atoms with Gasteiger partial charge in [-0.25, -0.2) is 0 Å². The molecule has 28 heavy (non-hydrogen) atoms. The van der Waals surface area contributed by atoms with Crippen LogP contribution in [-0.4, -0.2) is 66.6 Å². The largest absolute Gasteiger partial charge is 0.486 e. The van der Waals surface area contributed by atoms with Crippen LogP contribution in [-0.2, 0) is 6.42 Å². The summed E-state index contributed by atoms with van der Waals surface area (Å²) in [4.78, 5) is 21.8. The molecule has 1 atom stereocenters. The number of carbonyl (C=O) groups excluding carboxylic acids is 1. The van der Waals surface area contributed by atoms with Crippen molar-refractivity contribution in [2.24, 2.45) is 0 Å². The Hall–Kier alpha value is -2.60. The Balaban J connectivity index is 1.37. The molecule has 1 saturated heterocycles. The van der Waals surface area contributed by atoms with Crippen LogP contribution in [0.4, 0.5) is 0 Å². The number of pyridine rings is 1. The quantitative estimate of drug-likeness (QED) is 0.797. The van der Waals surface area contributed by atoms with Crippen molar-refractivity contribution in [1.82, 2.24) is 14.8 Å². The lowest BCUT2D eigenvalue weighted by atomic mass is 10.0. The first-order valence-electron chi connectivity index (χ1n) is 10.00. The summed E-state index contributed by atoms with van der Waals surface area (Å²) >= 11 is 0. The predicted octanol–water partition coefficient (Wildman–Crippen LogP) is 2.63. The summed E-state index contributed by atoms with van der Waals surface area (Å²) in [5, 5.41) is 0. The molecule has 4 rings (SSSR count).